The molecule has 1 heterocycles. The number of likely N-dealkylation sites (N-methyl/N-ethyl adjacent to an activating group) is 1. The Bertz CT molecular complexity index is 239. The van der Waals surface area contributed by atoms with Gasteiger partial charge in [0.2, 0.25) is 5.91 Å². The standard InChI is InChI=1S/C11H20N2O2/c1-9(11(14)13(2)3)12-8-10-6-4-5-7-15-10/h5,7,9-10,12H,4,6,8H2,1-3H3. The zero-order chi connectivity index (χ0) is 11.3. The van der Waals surface area contributed by atoms with E-state index in [1.165, 1.54) is 0 Å². The summed E-state index contributed by atoms with van der Waals surface area (Å²) in [7, 11) is 3.53. The smallest absolute Gasteiger partial charge is 0.238 e. The van der Waals surface area contributed by atoms with E-state index in [4.69, 9.17) is 4.74 Å². The number of rotatable bonds is 4. The number of hydrogen-bond donors (Lipinski definition) is 1. The van der Waals surface area contributed by atoms with E-state index in [1.807, 2.05) is 13.0 Å². The van der Waals surface area contributed by atoms with Crippen molar-refractivity contribution in [2.45, 2.75) is 31.9 Å². The number of carbonyl (C=O) groups is 1. The van der Waals surface area contributed by atoms with Crippen molar-refractivity contribution in [3.63, 3.8) is 0 Å². The van der Waals surface area contributed by atoms with Gasteiger partial charge in [0.15, 0.2) is 0 Å². The molecule has 0 aromatic carbocycles. The van der Waals surface area contributed by atoms with Crippen molar-refractivity contribution < 1.29 is 9.53 Å². The fourth-order valence-electron chi connectivity index (χ4n) is 1.52. The Hall–Kier alpha value is -1.03. The lowest BCUT2D eigenvalue weighted by atomic mass is 10.1. The van der Waals surface area contributed by atoms with Crippen molar-refractivity contribution in [2.75, 3.05) is 20.6 Å². The van der Waals surface area contributed by atoms with Gasteiger partial charge in [0, 0.05) is 20.6 Å². The molecular formula is C11H20N2O2. The summed E-state index contributed by atoms with van der Waals surface area (Å²) < 4.78 is 5.40. The Labute approximate surface area is 91.3 Å². The lowest BCUT2D eigenvalue weighted by molar-refractivity contribution is -0.130. The molecule has 1 aliphatic rings. The van der Waals surface area contributed by atoms with Crippen LogP contribution < -0.4 is 5.32 Å². The molecule has 0 spiro atoms. The van der Waals surface area contributed by atoms with Crippen LogP contribution in [0.3, 0.4) is 0 Å². The van der Waals surface area contributed by atoms with Crippen LogP contribution in [0.2, 0.25) is 0 Å². The maximum Gasteiger partial charge on any atom is 0.238 e. The number of hydrogen-bond acceptors (Lipinski definition) is 3. The fraction of sp³-hybridized carbons (Fsp3) is 0.727. The van der Waals surface area contributed by atoms with Gasteiger partial charge in [-0.3, -0.25) is 4.79 Å². The Morgan fingerprint density at radius 2 is 2.40 bits per heavy atom. The van der Waals surface area contributed by atoms with Crippen LogP contribution in [0.25, 0.3) is 0 Å². The average Bonchev–Trinajstić information content (AvgIpc) is 2.26. The lowest BCUT2D eigenvalue weighted by Gasteiger charge is -2.23. The van der Waals surface area contributed by atoms with Gasteiger partial charge >= 0.3 is 0 Å². The molecule has 0 fully saturated rings. The number of nitrogens with one attached hydrogen (secondary N) is 1. The maximum absolute atomic E-state index is 11.5. The van der Waals surface area contributed by atoms with Gasteiger partial charge in [-0.05, 0) is 25.8 Å². The first-order valence-electron chi connectivity index (χ1n) is 5.36. The number of amides is 1. The van der Waals surface area contributed by atoms with E-state index in [2.05, 4.69) is 5.32 Å². The van der Waals surface area contributed by atoms with E-state index in [1.54, 1.807) is 25.3 Å². The second-order valence-electron chi connectivity index (χ2n) is 4.07. The summed E-state index contributed by atoms with van der Waals surface area (Å²) in [6.07, 6.45) is 6.04. The third-order valence-electron chi connectivity index (χ3n) is 2.49. The average molecular weight is 212 g/mol. The summed E-state index contributed by atoms with van der Waals surface area (Å²) >= 11 is 0. The second kappa shape index (κ2) is 5.75. The van der Waals surface area contributed by atoms with Crippen LogP contribution in [-0.4, -0.2) is 43.6 Å². The van der Waals surface area contributed by atoms with Crippen LogP contribution in [0, 0.1) is 0 Å². The largest absolute Gasteiger partial charge is 0.497 e. The molecule has 1 aliphatic heterocycles. The fourth-order valence-corrected chi connectivity index (χ4v) is 1.52. The van der Waals surface area contributed by atoms with E-state index >= 15 is 0 Å². The molecule has 1 N–H and O–H groups in total. The van der Waals surface area contributed by atoms with Gasteiger partial charge in [0.05, 0.1) is 12.3 Å². The first kappa shape index (κ1) is 12.0. The molecular weight excluding hydrogens is 192 g/mol. The SMILES string of the molecule is CC(NCC1CCC=CO1)C(=O)N(C)C. The lowest BCUT2D eigenvalue weighted by Crippen LogP contribution is -2.44. The van der Waals surface area contributed by atoms with Crippen LogP contribution >= 0.6 is 0 Å². The predicted molar refractivity (Wildman–Crippen MR) is 59.4 cm³/mol. The van der Waals surface area contributed by atoms with E-state index in [-0.39, 0.29) is 18.1 Å². The van der Waals surface area contributed by atoms with Crippen LogP contribution in [-0.2, 0) is 9.53 Å². The predicted octanol–water partition coefficient (Wildman–Crippen LogP) is 0.745. The molecule has 4 heteroatoms. The molecule has 1 amide bonds. The van der Waals surface area contributed by atoms with Gasteiger partial charge < -0.3 is 15.0 Å². The van der Waals surface area contributed by atoms with Gasteiger partial charge in [0.1, 0.15) is 6.10 Å². The zero-order valence-corrected chi connectivity index (χ0v) is 9.69. The summed E-state index contributed by atoms with van der Waals surface area (Å²) in [5.74, 6) is 0.0985. The first-order chi connectivity index (χ1) is 7.11. The number of carbonyl (C=O) groups excluding carboxylic acids is 1. The molecule has 2 atom stereocenters. The molecule has 0 saturated carbocycles. The molecule has 0 aliphatic carbocycles. The minimum absolute atomic E-state index is 0.0985. The molecule has 2 unspecified atom stereocenters. The van der Waals surface area contributed by atoms with Crippen molar-refractivity contribution in [1.29, 1.82) is 0 Å². The molecule has 86 valence electrons. The molecule has 0 bridgehead atoms. The highest BCUT2D eigenvalue weighted by Crippen LogP contribution is 2.09. The Morgan fingerprint density at radius 3 is 2.93 bits per heavy atom. The van der Waals surface area contributed by atoms with E-state index in [9.17, 15) is 4.79 Å². The van der Waals surface area contributed by atoms with Gasteiger partial charge in [-0.15, -0.1) is 0 Å². The van der Waals surface area contributed by atoms with Crippen LogP contribution in [0.4, 0.5) is 0 Å². The topological polar surface area (TPSA) is 41.6 Å². The third kappa shape index (κ3) is 3.91. The van der Waals surface area contributed by atoms with Crippen molar-refractivity contribution >= 4 is 5.91 Å². The van der Waals surface area contributed by atoms with Crippen LogP contribution in [0.15, 0.2) is 12.3 Å². The number of ether oxygens (including phenoxy) is 1. The summed E-state index contributed by atoms with van der Waals surface area (Å²) in [5, 5.41) is 3.18. The third-order valence-corrected chi connectivity index (χ3v) is 2.49. The van der Waals surface area contributed by atoms with Gasteiger partial charge in [0.25, 0.3) is 0 Å². The number of nitrogens with zero attached hydrogens (tertiary/aromatic N) is 1. The van der Waals surface area contributed by atoms with Crippen molar-refractivity contribution in [3.8, 4) is 0 Å². The summed E-state index contributed by atoms with van der Waals surface area (Å²) in [4.78, 5) is 13.1. The summed E-state index contributed by atoms with van der Waals surface area (Å²) in [6, 6.07) is -0.144. The quantitative estimate of drug-likeness (QED) is 0.747. The molecule has 4 nitrogen and oxygen atoms in total. The highest BCUT2D eigenvalue weighted by atomic mass is 16.5. The van der Waals surface area contributed by atoms with Gasteiger partial charge in [-0.1, -0.05) is 0 Å². The highest BCUT2D eigenvalue weighted by molar-refractivity contribution is 5.80. The van der Waals surface area contributed by atoms with E-state index < -0.39 is 0 Å². The summed E-state index contributed by atoms with van der Waals surface area (Å²) in [5.41, 5.74) is 0. The molecule has 0 radical (unpaired) electrons. The highest BCUT2D eigenvalue weighted by Gasteiger charge is 2.17. The maximum atomic E-state index is 11.5. The minimum atomic E-state index is -0.144. The molecule has 1 rings (SSSR count). The van der Waals surface area contributed by atoms with Crippen molar-refractivity contribution in [3.05, 3.63) is 12.3 Å². The summed E-state index contributed by atoms with van der Waals surface area (Å²) in [6.45, 7) is 2.60. The number of allylic oxidation sites excluding steroid dienone is 1. The molecule has 0 aromatic heterocycles. The molecule has 0 saturated heterocycles. The monoisotopic (exact) mass is 212 g/mol. The van der Waals surface area contributed by atoms with Gasteiger partial charge in [-0.2, -0.15) is 0 Å². The van der Waals surface area contributed by atoms with E-state index in [0.717, 1.165) is 19.4 Å². The molecule has 15 heavy (non-hydrogen) atoms. The molecule has 0 aromatic rings. The van der Waals surface area contributed by atoms with Crippen molar-refractivity contribution in [1.82, 2.24) is 10.2 Å². The van der Waals surface area contributed by atoms with Crippen LogP contribution in [0.1, 0.15) is 19.8 Å². The Kier molecular flexibility index (Phi) is 4.62. The zero-order valence-electron chi connectivity index (χ0n) is 9.69. The van der Waals surface area contributed by atoms with Gasteiger partial charge in [-0.25, -0.2) is 0 Å². The first-order valence-corrected chi connectivity index (χ1v) is 5.36. The second-order valence-corrected chi connectivity index (χ2v) is 4.07. The minimum Gasteiger partial charge on any atom is -0.497 e. The Balaban J connectivity index is 2.24. The normalized spacial score (nSPS) is 21.9. The Morgan fingerprint density at radius 1 is 1.67 bits per heavy atom. The van der Waals surface area contributed by atoms with Crippen molar-refractivity contribution in [2.24, 2.45) is 0 Å². The van der Waals surface area contributed by atoms with E-state index in [0.29, 0.717) is 0 Å². The van der Waals surface area contributed by atoms with Crippen LogP contribution in [0.5, 0.6) is 0 Å².